The SMILES string of the molecule is C#[N+]CC1NC(C[N+]#C)N1. The molecule has 1 heterocycles. The molecule has 1 aliphatic rings. The third-order valence-electron chi connectivity index (χ3n) is 1.38. The zero-order valence-corrected chi connectivity index (χ0v) is 5.62. The molecule has 4 heteroatoms. The second-order valence-electron chi connectivity index (χ2n) is 2.17. The van der Waals surface area contributed by atoms with Gasteiger partial charge in [0, 0.05) is 0 Å². The van der Waals surface area contributed by atoms with Crippen LogP contribution < -0.4 is 10.6 Å². The van der Waals surface area contributed by atoms with Gasteiger partial charge < -0.3 is 0 Å². The monoisotopic (exact) mass is 138 g/mol. The molecular formula is C6H10N4+2. The molecule has 0 bridgehead atoms. The van der Waals surface area contributed by atoms with Crippen molar-refractivity contribution in [3.8, 4) is 13.1 Å². The molecule has 0 spiro atoms. The first-order valence-corrected chi connectivity index (χ1v) is 3.12. The van der Waals surface area contributed by atoms with Crippen molar-refractivity contribution < 1.29 is 0 Å². The average Bonchev–Trinajstić information content (AvgIpc) is 1.84. The van der Waals surface area contributed by atoms with E-state index in [1.165, 1.54) is 0 Å². The lowest BCUT2D eigenvalue weighted by atomic mass is 10.3. The van der Waals surface area contributed by atoms with Gasteiger partial charge in [-0.05, 0) is 0 Å². The van der Waals surface area contributed by atoms with Crippen LogP contribution >= 0.6 is 0 Å². The maximum Gasteiger partial charge on any atom is 0.291 e. The predicted octanol–water partition coefficient (Wildman–Crippen LogP) is -0.243. The van der Waals surface area contributed by atoms with E-state index in [9.17, 15) is 0 Å². The van der Waals surface area contributed by atoms with Crippen molar-refractivity contribution in [3.05, 3.63) is 9.69 Å². The van der Waals surface area contributed by atoms with E-state index in [1.807, 2.05) is 0 Å². The molecule has 1 fully saturated rings. The zero-order valence-electron chi connectivity index (χ0n) is 5.62. The molecule has 0 aromatic rings. The summed E-state index contributed by atoms with van der Waals surface area (Å²) in [5.41, 5.74) is 0. The van der Waals surface area contributed by atoms with Gasteiger partial charge in [0.1, 0.15) is 12.3 Å². The van der Waals surface area contributed by atoms with Crippen LogP contribution in [0.4, 0.5) is 0 Å². The lowest BCUT2D eigenvalue weighted by Gasteiger charge is -2.30. The van der Waals surface area contributed by atoms with Crippen LogP contribution in [0.25, 0.3) is 9.69 Å². The van der Waals surface area contributed by atoms with Crippen LogP contribution in [-0.4, -0.2) is 25.4 Å². The first-order valence-electron chi connectivity index (χ1n) is 3.12. The van der Waals surface area contributed by atoms with Gasteiger partial charge in [-0.3, -0.25) is 10.6 Å². The Hall–Kier alpha value is -1.10. The summed E-state index contributed by atoms with van der Waals surface area (Å²) >= 11 is 0. The largest absolute Gasteiger partial charge is 0.291 e. The minimum absolute atomic E-state index is 0.205. The minimum atomic E-state index is 0.205. The number of hydrogen-bond donors (Lipinski definition) is 2. The quantitative estimate of drug-likeness (QED) is 0.552. The van der Waals surface area contributed by atoms with Gasteiger partial charge in [0.25, 0.3) is 26.2 Å². The Morgan fingerprint density at radius 2 is 1.40 bits per heavy atom. The van der Waals surface area contributed by atoms with E-state index in [0.717, 1.165) is 0 Å². The highest BCUT2D eigenvalue weighted by Gasteiger charge is 2.32. The Kier molecular flexibility index (Phi) is 2.22. The molecule has 2 N–H and O–H groups in total. The Morgan fingerprint density at radius 3 is 1.70 bits per heavy atom. The summed E-state index contributed by atoms with van der Waals surface area (Å²) in [5, 5.41) is 6.25. The van der Waals surface area contributed by atoms with Gasteiger partial charge >= 0.3 is 0 Å². The normalized spacial score (nSPS) is 29.8. The molecule has 0 aliphatic carbocycles. The predicted molar refractivity (Wildman–Crippen MR) is 40.2 cm³/mol. The molecule has 0 aromatic heterocycles. The third kappa shape index (κ3) is 1.44. The molecule has 1 rings (SSSR count). The second-order valence-corrected chi connectivity index (χ2v) is 2.17. The van der Waals surface area contributed by atoms with Crippen molar-refractivity contribution in [2.45, 2.75) is 12.3 Å². The summed E-state index contributed by atoms with van der Waals surface area (Å²) in [6.45, 7) is 11.1. The highest BCUT2D eigenvalue weighted by Crippen LogP contribution is 1.97. The molecule has 0 amide bonds. The molecule has 52 valence electrons. The Bertz CT molecular complexity index is 161. The Balaban J connectivity index is 2.09. The second kappa shape index (κ2) is 3.17. The van der Waals surface area contributed by atoms with Gasteiger partial charge in [0.05, 0.1) is 0 Å². The topological polar surface area (TPSA) is 32.8 Å². The molecule has 0 saturated carbocycles. The summed E-state index contributed by atoms with van der Waals surface area (Å²) in [5.74, 6) is 0. The zero-order chi connectivity index (χ0) is 7.40. The smallest absolute Gasteiger partial charge is 0.274 e. The molecule has 0 unspecified atom stereocenters. The van der Waals surface area contributed by atoms with Gasteiger partial charge in [0.15, 0.2) is 0 Å². The van der Waals surface area contributed by atoms with Gasteiger partial charge in [-0.2, -0.15) is 0 Å². The fraction of sp³-hybridized carbons (Fsp3) is 0.667. The summed E-state index contributed by atoms with van der Waals surface area (Å²) < 4.78 is 0. The van der Waals surface area contributed by atoms with Gasteiger partial charge in [0.2, 0.25) is 0 Å². The van der Waals surface area contributed by atoms with Crippen molar-refractivity contribution in [2.24, 2.45) is 0 Å². The Morgan fingerprint density at radius 1 is 1.00 bits per heavy atom. The number of nitrogens with one attached hydrogen (secondary N) is 2. The third-order valence-corrected chi connectivity index (χ3v) is 1.38. The summed E-state index contributed by atoms with van der Waals surface area (Å²) in [6.07, 6.45) is 0.411. The van der Waals surface area contributed by atoms with E-state index >= 15 is 0 Å². The molecule has 0 radical (unpaired) electrons. The van der Waals surface area contributed by atoms with Crippen molar-refractivity contribution in [1.82, 2.24) is 10.6 Å². The average molecular weight is 138 g/mol. The first-order chi connectivity index (χ1) is 4.86. The van der Waals surface area contributed by atoms with E-state index in [-0.39, 0.29) is 12.3 Å². The van der Waals surface area contributed by atoms with Crippen molar-refractivity contribution >= 4 is 0 Å². The van der Waals surface area contributed by atoms with Crippen LogP contribution in [0.3, 0.4) is 0 Å². The summed E-state index contributed by atoms with van der Waals surface area (Å²) in [4.78, 5) is 6.93. The standard InChI is InChI=1S/C6H10N4/c1-7-3-5-9-6(10-5)4-8-2/h1-2,5-6,9-10H,3-4H2/q+2. The molecule has 0 atom stereocenters. The highest BCUT2D eigenvalue weighted by atomic mass is 15.4. The van der Waals surface area contributed by atoms with Gasteiger partial charge in [-0.1, -0.05) is 9.69 Å². The highest BCUT2D eigenvalue weighted by molar-refractivity contribution is 4.93. The van der Waals surface area contributed by atoms with E-state index in [4.69, 9.17) is 13.1 Å². The lowest BCUT2D eigenvalue weighted by molar-refractivity contribution is 0.225. The molecule has 1 saturated heterocycles. The Labute approximate surface area is 59.9 Å². The van der Waals surface area contributed by atoms with Crippen LogP contribution in [0.2, 0.25) is 0 Å². The van der Waals surface area contributed by atoms with Crippen LogP contribution in [0.15, 0.2) is 0 Å². The van der Waals surface area contributed by atoms with Gasteiger partial charge in [-0.25, -0.2) is 0 Å². The van der Waals surface area contributed by atoms with Crippen LogP contribution in [0.1, 0.15) is 0 Å². The van der Waals surface area contributed by atoms with E-state index < -0.39 is 0 Å². The molecule has 0 aromatic carbocycles. The number of rotatable bonds is 2. The molecule has 4 nitrogen and oxygen atoms in total. The van der Waals surface area contributed by atoms with Crippen LogP contribution in [0.5, 0.6) is 0 Å². The first kappa shape index (κ1) is 7.01. The van der Waals surface area contributed by atoms with Crippen LogP contribution in [-0.2, 0) is 0 Å². The number of nitrogens with zero attached hydrogens (tertiary/aromatic N) is 2. The molecule has 1 aliphatic heterocycles. The van der Waals surface area contributed by atoms with E-state index in [0.29, 0.717) is 13.1 Å². The summed E-state index contributed by atoms with van der Waals surface area (Å²) in [6, 6.07) is 0. The van der Waals surface area contributed by atoms with Crippen molar-refractivity contribution in [3.63, 3.8) is 0 Å². The van der Waals surface area contributed by atoms with Crippen molar-refractivity contribution in [1.29, 1.82) is 0 Å². The minimum Gasteiger partial charge on any atom is -0.274 e. The lowest BCUT2D eigenvalue weighted by Crippen LogP contribution is -2.69. The fourth-order valence-electron chi connectivity index (χ4n) is 0.907. The molecular weight excluding hydrogens is 128 g/mol. The van der Waals surface area contributed by atoms with Gasteiger partial charge in [-0.15, -0.1) is 0 Å². The van der Waals surface area contributed by atoms with E-state index in [1.54, 1.807) is 0 Å². The maximum absolute atomic E-state index is 4.96. The molecule has 10 heavy (non-hydrogen) atoms. The summed E-state index contributed by atoms with van der Waals surface area (Å²) in [7, 11) is 0. The van der Waals surface area contributed by atoms with Crippen LogP contribution in [0, 0.1) is 13.1 Å². The number of hydrogen-bond acceptors (Lipinski definition) is 2. The van der Waals surface area contributed by atoms with Crippen molar-refractivity contribution in [2.75, 3.05) is 13.1 Å². The van der Waals surface area contributed by atoms with E-state index in [2.05, 4.69) is 20.3 Å². The fourth-order valence-corrected chi connectivity index (χ4v) is 0.907. The maximum atomic E-state index is 4.96.